The SMILES string of the molecule is O=C(O)c1c(Cl)ccc(S(=O)(=O)Cl)c1Cl. The Hall–Kier alpha value is -0.490. The molecule has 82 valence electrons. The number of benzene rings is 1. The maximum Gasteiger partial charge on any atom is 0.338 e. The zero-order valence-electron chi connectivity index (χ0n) is 6.87. The first-order chi connectivity index (χ1) is 6.75. The third kappa shape index (κ3) is 2.55. The minimum Gasteiger partial charge on any atom is -0.478 e. The van der Waals surface area contributed by atoms with E-state index >= 15 is 0 Å². The van der Waals surface area contributed by atoms with Crippen LogP contribution >= 0.6 is 33.9 Å². The summed E-state index contributed by atoms with van der Waals surface area (Å²) in [6, 6.07) is 2.14. The Balaban J connectivity index is 3.64. The average molecular weight is 290 g/mol. The van der Waals surface area contributed by atoms with Crippen LogP contribution in [-0.2, 0) is 9.05 Å². The quantitative estimate of drug-likeness (QED) is 0.850. The van der Waals surface area contributed by atoms with Gasteiger partial charge in [-0.1, -0.05) is 23.2 Å². The summed E-state index contributed by atoms with van der Waals surface area (Å²) >= 11 is 11.1. The third-order valence-electron chi connectivity index (χ3n) is 1.53. The monoisotopic (exact) mass is 288 g/mol. The highest BCUT2D eigenvalue weighted by Gasteiger charge is 2.22. The number of carboxylic acid groups (broad SMARTS) is 1. The summed E-state index contributed by atoms with van der Waals surface area (Å²) in [4.78, 5) is 10.2. The van der Waals surface area contributed by atoms with Crippen LogP contribution in [0.4, 0.5) is 0 Å². The van der Waals surface area contributed by atoms with Gasteiger partial charge < -0.3 is 5.11 Å². The zero-order chi connectivity index (χ0) is 11.8. The van der Waals surface area contributed by atoms with Crippen LogP contribution < -0.4 is 0 Å². The van der Waals surface area contributed by atoms with Crippen LogP contribution in [0.2, 0.25) is 10.0 Å². The molecule has 0 aliphatic heterocycles. The fourth-order valence-electron chi connectivity index (χ4n) is 0.918. The minimum absolute atomic E-state index is 0.156. The van der Waals surface area contributed by atoms with E-state index in [1.54, 1.807) is 0 Å². The molecule has 8 heteroatoms. The van der Waals surface area contributed by atoms with Gasteiger partial charge in [0.2, 0.25) is 0 Å². The normalized spacial score (nSPS) is 11.4. The first-order valence-electron chi connectivity index (χ1n) is 3.41. The smallest absolute Gasteiger partial charge is 0.338 e. The first-order valence-corrected chi connectivity index (χ1v) is 6.47. The van der Waals surface area contributed by atoms with E-state index in [9.17, 15) is 13.2 Å². The Morgan fingerprint density at radius 1 is 1.27 bits per heavy atom. The van der Waals surface area contributed by atoms with Gasteiger partial charge in [0, 0.05) is 10.7 Å². The van der Waals surface area contributed by atoms with Crippen LogP contribution in [0.1, 0.15) is 10.4 Å². The maximum absolute atomic E-state index is 11.0. The van der Waals surface area contributed by atoms with Crippen molar-refractivity contribution < 1.29 is 18.3 Å². The molecule has 1 rings (SSSR count). The lowest BCUT2D eigenvalue weighted by molar-refractivity contribution is 0.0697. The van der Waals surface area contributed by atoms with Crippen molar-refractivity contribution in [3.05, 3.63) is 27.7 Å². The second-order valence-electron chi connectivity index (χ2n) is 2.48. The molecule has 0 heterocycles. The largest absolute Gasteiger partial charge is 0.478 e. The zero-order valence-corrected chi connectivity index (χ0v) is 9.95. The van der Waals surface area contributed by atoms with Crippen molar-refractivity contribution in [3.8, 4) is 0 Å². The molecule has 0 unspecified atom stereocenters. The van der Waals surface area contributed by atoms with Crippen molar-refractivity contribution in [2.24, 2.45) is 0 Å². The Morgan fingerprint density at radius 3 is 2.20 bits per heavy atom. The average Bonchev–Trinajstić information content (AvgIpc) is 2.00. The Labute approximate surface area is 99.8 Å². The van der Waals surface area contributed by atoms with E-state index in [0.717, 1.165) is 12.1 Å². The van der Waals surface area contributed by atoms with E-state index in [4.69, 9.17) is 39.0 Å². The van der Waals surface area contributed by atoms with E-state index in [-0.39, 0.29) is 5.02 Å². The summed E-state index contributed by atoms with van der Waals surface area (Å²) in [7, 11) is 0.957. The molecule has 1 aromatic rings. The van der Waals surface area contributed by atoms with Crippen LogP contribution in [0, 0.1) is 0 Å². The van der Waals surface area contributed by atoms with Gasteiger partial charge in [0.1, 0.15) is 4.90 Å². The van der Waals surface area contributed by atoms with E-state index in [0.29, 0.717) is 0 Å². The first kappa shape index (κ1) is 12.6. The summed E-state index contributed by atoms with van der Waals surface area (Å²) < 4.78 is 22.0. The highest BCUT2D eigenvalue weighted by Crippen LogP contribution is 2.32. The molecule has 0 bridgehead atoms. The lowest BCUT2D eigenvalue weighted by Crippen LogP contribution is -2.02. The molecule has 4 nitrogen and oxygen atoms in total. The van der Waals surface area contributed by atoms with Gasteiger partial charge in [0.05, 0.1) is 15.6 Å². The molecule has 0 amide bonds. The van der Waals surface area contributed by atoms with E-state index in [1.807, 2.05) is 0 Å². The Bertz CT molecular complexity index is 523. The molecule has 0 fully saturated rings. The number of hydrogen-bond donors (Lipinski definition) is 1. The standard InChI is InChI=1S/C7H3Cl3O4S/c8-3-1-2-4(15(10,13)14)6(9)5(3)7(11)12/h1-2H,(H,11,12). The van der Waals surface area contributed by atoms with Gasteiger partial charge in [0.25, 0.3) is 9.05 Å². The van der Waals surface area contributed by atoms with Crippen molar-refractivity contribution in [1.29, 1.82) is 0 Å². The lowest BCUT2D eigenvalue weighted by Gasteiger charge is -2.05. The highest BCUT2D eigenvalue weighted by molar-refractivity contribution is 8.13. The van der Waals surface area contributed by atoms with Crippen molar-refractivity contribution in [2.75, 3.05) is 0 Å². The number of rotatable bonds is 2. The van der Waals surface area contributed by atoms with Gasteiger partial charge in [-0.3, -0.25) is 0 Å². The summed E-state index contributed by atoms with van der Waals surface area (Å²) in [6.45, 7) is 0. The molecular formula is C7H3Cl3O4S. The number of carboxylic acids is 1. The molecule has 1 aromatic carbocycles. The lowest BCUT2D eigenvalue weighted by atomic mass is 10.2. The summed E-state index contributed by atoms with van der Waals surface area (Å²) in [6.07, 6.45) is 0. The van der Waals surface area contributed by atoms with Gasteiger partial charge in [-0.15, -0.1) is 0 Å². The van der Waals surface area contributed by atoms with Gasteiger partial charge in [-0.2, -0.15) is 0 Å². The molecule has 0 saturated heterocycles. The topological polar surface area (TPSA) is 71.4 Å². The fourth-order valence-corrected chi connectivity index (χ4v) is 2.81. The van der Waals surface area contributed by atoms with Gasteiger partial charge >= 0.3 is 5.97 Å². The Kier molecular flexibility index (Phi) is 3.50. The Morgan fingerprint density at radius 2 is 1.80 bits per heavy atom. The predicted octanol–water partition coefficient (Wildman–Crippen LogP) is 2.62. The molecular weight excluding hydrogens is 286 g/mol. The van der Waals surface area contributed by atoms with Gasteiger partial charge in [-0.05, 0) is 12.1 Å². The van der Waals surface area contributed by atoms with Gasteiger partial charge in [-0.25, -0.2) is 13.2 Å². The molecule has 0 radical (unpaired) electrons. The number of carbonyl (C=O) groups is 1. The molecule has 15 heavy (non-hydrogen) atoms. The fraction of sp³-hybridized carbons (Fsp3) is 0. The van der Waals surface area contributed by atoms with Crippen molar-refractivity contribution in [2.45, 2.75) is 4.90 Å². The maximum atomic E-state index is 11.0. The van der Waals surface area contributed by atoms with Crippen molar-refractivity contribution in [1.82, 2.24) is 0 Å². The van der Waals surface area contributed by atoms with E-state index in [2.05, 4.69) is 0 Å². The minimum atomic E-state index is -4.09. The summed E-state index contributed by atoms with van der Waals surface area (Å²) in [5.41, 5.74) is -0.486. The molecule has 0 aliphatic carbocycles. The number of hydrogen-bond acceptors (Lipinski definition) is 3. The second-order valence-corrected chi connectivity index (χ2v) is 5.80. The third-order valence-corrected chi connectivity index (χ3v) is 3.72. The van der Waals surface area contributed by atoms with Crippen LogP contribution in [0.5, 0.6) is 0 Å². The summed E-state index contributed by atoms with van der Waals surface area (Å²) in [5.74, 6) is -1.42. The van der Waals surface area contributed by atoms with Crippen LogP contribution in [-0.4, -0.2) is 19.5 Å². The predicted molar refractivity (Wildman–Crippen MR) is 56.5 cm³/mol. The van der Waals surface area contributed by atoms with Crippen molar-refractivity contribution in [3.63, 3.8) is 0 Å². The van der Waals surface area contributed by atoms with E-state index < -0.39 is 30.5 Å². The summed E-state index contributed by atoms with van der Waals surface area (Å²) in [5, 5.41) is 8.08. The number of aromatic carboxylic acids is 1. The van der Waals surface area contributed by atoms with Gasteiger partial charge in [0.15, 0.2) is 0 Å². The van der Waals surface area contributed by atoms with Crippen LogP contribution in [0.15, 0.2) is 17.0 Å². The second kappa shape index (κ2) is 4.17. The molecule has 0 saturated carbocycles. The molecule has 0 spiro atoms. The number of halogens is 3. The van der Waals surface area contributed by atoms with Crippen molar-refractivity contribution >= 4 is 48.9 Å². The van der Waals surface area contributed by atoms with Crippen LogP contribution in [0.25, 0.3) is 0 Å². The molecule has 1 N–H and O–H groups in total. The molecule has 0 aliphatic rings. The molecule has 0 aromatic heterocycles. The highest BCUT2D eigenvalue weighted by atomic mass is 35.7. The molecule has 0 atom stereocenters. The van der Waals surface area contributed by atoms with Crippen LogP contribution in [0.3, 0.4) is 0 Å². The van der Waals surface area contributed by atoms with E-state index in [1.165, 1.54) is 0 Å².